The van der Waals surface area contributed by atoms with E-state index in [9.17, 15) is 4.79 Å². The van der Waals surface area contributed by atoms with E-state index in [-0.39, 0.29) is 0 Å². The number of rotatable bonds is 2. The molecule has 0 aromatic heterocycles. The summed E-state index contributed by atoms with van der Waals surface area (Å²) in [6, 6.07) is 1.83. The first-order valence-corrected chi connectivity index (χ1v) is 4.37. The third-order valence-corrected chi connectivity index (χ3v) is 2.32. The van der Waals surface area contributed by atoms with Gasteiger partial charge in [0.15, 0.2) is 0 Å². The molecule has 1 rings (SSSR count). The van der Waals surface area contributed by atoms with Crippen LogP contribution in [-0.2, 0) is 0 Å². The average Bonchev–Trinajstić information content (AvgIpc) is 2.02. The van der Waals surface area contributed by atoms with Gasteiger partial charge in [0.25, 0.3) is 0 Å². The summed E-state index contributed by atoms with van der Waals surface area (Å²) in [6.45, 7) is 5.47. The minimum atomic E-state index is -0.904. The van der Waals surface area contributed by atoms with Crippen LogP contribution in [0.3, 0.4) is 0 Å². The SMILES string of the molecule is COc1c(C)cc(C)c(C(=O)O)c1C. The lowest BCUT2D eigenvalue weighted by Crippen LogP contribution is -2.05. The highest BCUT2D eigenvalue weighted by Gasteiger charge is 2.16. The quantitative estimate of drug-likeness (QED) is 0.785. The van der Waals surface area contributed by atoms with Gasteiger partial charge in [-0.25, -0.2) is 4.79 Å². The molecule has 14 heavy (non-hydrogen) atoms. The normalized spacial score (nSPS) is 10.0. The third kappa shape index (κ3) is 1.58. The van der Waals surface area contributed by atoms with Crippen molar-refractivity contribution in [1.29, 1.82) is 0 Å². The Kier molecular flexibility index (Phi) is 2.79. The van der Waals surface area contributed by atoms with Crippen LogP contribution in [0.5, 0.6) is 5.75 Å². The fourth-order valence-corrected chi connectivity index (χ4v) is 1.81. The number of carboxylic acid groups (broad SMARTS) is 1. The van der Waals surface area contributed by atoms with Gasteiger partial charge in [0.1, 0.15) is 5.75 Å². The first-order chi connectivity index (χ1) is 6.49. The van der Waals surface area contributed by atoms with Crippen LogP contribution >= 0.6 is 0 Å². The Bertz CT molecular complexity index is 381. The molecule has 0 amide bonds. The van der Waals surface area contributed by atoms with Crippen molar-refractivity contribution in [2.75, 3.05) is 7.11 Å². The Morgan fingerprint density at radius 2 is 1.86 bits per heavy atom. The number of benzene rings is 1. The van der Waals surface area contributed by atoms with Gasteiger partial charge in [-0.05, 0) is 31.9 Å². The molecule has 0 saturated carbocycles. The molecule has 0 atom stereocenters. The van der Waals surface area contributed by atoms with Crippen LogP contribution in [0.25, 0.3) is 0 Å². The molecule has 0 fully saturated rings. The maximum absolute atomic E-state index is 11.0. The second-order valence-corrected chi connectivity index (χ2v) is 3.35. The molecule has 1 N–H and O–H groups in total. The molecular weight excluding hydrogens is 180 g/mol. The number of hydrogen-bond acceptors (Lipinski definition) is 2. The van der Waals surface area contributed by atoms with E-state index in [0.717, 1.165) is 11.1 Å². The number of methoxy groups -OCH3 is 1. The smallest absolute Gasteiger partial charge is 0.336 e. The maximum Gasteiger partial charge on any atom is 0.336 e. The number of aromatic carboxylic acids is 1. The van der Waals surface area contributed by atoms with Crippen LogP contribution in [-0.4, -0.2) is 18.2 Å². The van der Waals surface area contributed by atoms with Gasteiger partial charge < -0.3 is 9.84 Å². The van der Waals surface area contributed by atoms with Crippen molar-refractivity contribution in [1.82, 2.24) is 0 Å². The van der Waals surface area contributed by atoms with Crippen LogP contribution < -0.4 is 4.74 Å². The second-order valence-electron chi connectivity index (χ2n) is 3.35. The lowest BCUT2D eigenvalue weighted by molar-refractivity contribution is 0.0695. The fourth-order valence-electron chi connectivity index (χ4n) is 1.81. The number of carbonyl (C=O) groups is 1. The molecule has 0 aliphatic carbocycles. The Morgan fingerprint density at radius 3 is 2.29 bits per heavy atom. The second kappa shape index (κ2) is 3.70. The van der Waals surface area contributed by atoms with Crippen LogP contribution in [0, 0.1) is 20.8 Å². The predicted octanol–water partition coefficient (Wildman–Crippen LogP) is 2.32. The Balaban J connectivity index is 3.52. The minimum absolute atomic E-state index is 0.340. The average molecular weight is 194 g/mol. The highest BCUT2D eigenvalue weighted by Crippen LogP contribution is 2.28. The van der Waals surface area contributed by atoms with Gasteiger partial charge in [0.2, 0.25) is 0 Å². The van der Waals surface area contributed by atoms with Crippen molar-refractivity contribution < 1.29 is 14.6 Å². The number of hydrogen-bond donors (Lipinski definition) is 1. The molecule has 0 aliphatic rings. The minimum Gasteiger partial charge on any atom is -0.496 e. The van der Waals surface area contributed by atoms with Gasteiger partial charge in [-0.3, -0.25) is 0 Å². The lowest BCUT2D eigenvalue weighted by Gasteiger charge is -2.13. The van der Waals surface area contributed by atoms with E-state index >= 15 is 0 Å². The summed E-state index contributed by atoms with van der Waals surface area (Å²) in [5.41, 5.74) is 2.77. The van der Waals surface area contributed by atoms with Crippen LogP contribution in [0.4, 0.5) is 0 Å². The Labute approximate surface area is 83.3 Å². The third-order valence-electron chi connectivity index (χ3n) is 2.32. The summed E-state index contributed by atoms with van der Waals surface area (Å²) < 4.78 is 5.16. The Hall–Kier alpha value is -1.51. The molecule has 0 heterocycles. The summed E-state index contributed by atoms with van der Waals surface area (Å²) in [6.07, 6.45) is 0. The zero-order valence-corrected chi connectivity index (χ0v) is 8.84. The van der Waals surface area contributed by atoms with Crippen molar-refractivity contribution in [3.8, 4) is 5.75 Å². The molecule has 1 aromatic carbocycles. The zero-order chi connectivity index (χ0) is 10.9. The standard InChI is InChI=1S/C11H14O3/c1-6-5-7(2)10(14-4)8(3)9(6)11(12)13/h5H,1-4H3,(H,12,13). The van der Waals surface area contributed by atoms with E-state index in [2.05, 4.69) is 0 Å². The summed E-state index contributed by atoms with van der Waals surface area (Å²) in [7, 11) is 1.55. The molecule has 1 aromatic rings. The molecule has 3 heteroatoms. The van der Waals surface area contributed by atoms with Crippen LogP contribution in [0.1, 0.15) is 27.0 Å². The Morgan fingerprint density at radius 1 is 1.29 bits per heavy atom. The first kappa shape index (κ1) is 10.6. The highest BCUT2D eigenvalue weighted by atomic mass is 16.5. The monoisotopic (exact) mass is 194 g/mol. The van der Waals surface area contributed by atoms with Crippen molar-refractivity contribution in [3.05, 3.63) is 28.3 Å². The van der Waals surface area contributed by atoms with Gasteiger partial charge >= 0.3 is 5.97 Å². The van der Waals surface area contributed by atoms with Gasteiger partial charge in [-0.15, -0.1) is 0 Å². The van der Waals surface area contributed by atoms with Gasteiger partial charge in [0, 0.05) is 5.56 Å². The van der Waals surface area contributed by atoms with E-state index < -0.39 is 5.97 Å². The molecule has 3 nitrogen and oxygen atoms in total. The molecule has 76 valence electrons. The molecule has 0 spiro atoms. The fraction of sp³-hybridized carbons (Fsp3) is 0.364. The highest BCUT2D eigenvalue weighted by molar-refractivity contribution is 5.92. The predicted molar refractivity (Wildman–Crippen MR) is 54.2 cm³/mol. The topological polar surface area (TPSA) is 46.5 Å². The van der Waals surface area contributed by atoms with E-state index in [1.807, 2.05) is 13.0 Å². The molecule has 0 radical (unpaired) electrons. The largest absolute Gasteiger partial charge is 0.496 e. The molecular formula is C11H14O3. The van der Waals surface area contributed by atoms with Crippen molar-refractivity contribution >= 4 is 5.97 Å². The molecule has 0 aliphatic heterocycles. The van der Waals surface area contributed by atoms with Crippen molar-refractivity contribution in [2.24, 2.45) is 0 Å². The molecule has 0 unspecified atom stereocenters. The van der Waals surface area contributed by atoms with E-state index in [4.69, 9.17) is 9.84 Å². The van der Waals surface area contributed by atoms with Gasteiger partial charge in [-0.2, -0.15) is 0 Å². The summed E-state index contributed by atoms with van der Waals surface area (Å²) in [4.78, 5) is 11.0. The van der Waals surface area contributed by atoms with E-state index in [1.54, 1.807) is 21.0 Å². The van der Waals surface area contributed by atoms with Crippen molar-refractivity contribution in [3.63, 3.8) is 0 Å². The summed E-state index contributed by atoms with van der Waals surface area (Å²) in [5.74, 6) is -0.244. The number of aryl methyl sites for hydroxylation is 2. The summed E-state index contributed by atoms with van der Waals surface area (Å²) >= 11 is 0. The van der Waals surface area contributed by atoms with Gasteiger partial charge in [-0.1, -0.05) is 6.07 Å². The molecule has 0 saturated heterocycles. The van der Waals surface area contributed by atoms with Gasteiger partial charge in [0.05, 0.1) is 12.7 Å². The number of ether oxygens (including phenoxy) is 1. The zero-order valence-electron chi connectivity index (χ0n) is 8.84. The lowest BCUT2D eigenvalue weighted by atomic mass is 9.98. The maximum atomic E-state index is 11.0. The first-order valence-electron chi connectivity index (χ1n) is 4.37. The number of carboxylic acids is 1. The summed E-state index contributed by atoms with van der Waals surface area (Å²) in [5, 5.41) is 9.00. The van der Waals surface area contributed by atoms with E-state index in [1.165, 1.54) is 0 Å². The molecule has 0 bridgehead atoms. The van der Waals surface area contributed by atoms with Crippen LogP contribution in [0.15, 0.2) is 6.07 Å². The van der Waals surface area contributed by atoms with Crippen LogP contribution in [0.2, 0.25) is 0 Å². The van der Waals surface area contributed by atoms with Crippen molar-refractivity contribution in [2.45, 2.75) is 20.8 Å². The van der Waals surface area contributed by atoms with E-state index in [0.29, 0.717) is 16.9 Å².